The van der Waals surface area contributed by atoms with E-state index in [1.54, 1.807) is 0 Å². The van der Waals surface area contributed by atoms with Crippen molar-refractivity contribution >= 4 is 17.5 Å². The van der Waals surface area contributed by atoms with Crippen molar-refractivity contribution in [1.82, 2.24) is 10.2 Å². The van der Waals surface area contributed by atoms with Crippen molar-refractivity contribution in [1.29, 1.82) is 0 Å². The number of nitrogens with zero attached hydrogens (tertiary/aromatic N) is 2. The smallest absolute Gasteiger partial charge is 0.256 e. The van der Waals surface area contributed by atoms with Gasteiger partial charge in [0, 0.05) is 43.3 Å². The standard InChI is InChI=1S/C23H33N3O2/c1-17-7-4-5-14-26(17)23(28)20-10-2-3-11-21(20)25-15-12-19(13-16-25)24-22(27)18-8-6-9-18/h2-3,10-11,17-19H,4-9,12-16H2,1H3,(H,24,27). The summed E-state index contributed by atoms with van der Waals surface area (Å²) in [4.78, 5) is 29.8. The lowest BCUT2D eigenvalue weighted by Gasteiger charge is -2.38. The Labute approximate surface area is 168 Å². The summed E-state index contributed by atoms with van der Waals surface area (Å²) in [5.74, 6) is 0.672. The van der Waals surface area contributed by atoms with Gasteiger partial charge in [-0.25, -0.2) is 0 Å². The molecule has 4 rings (SSSR count). The Hall–Kier alpha value is -2.04. The van der Waals surface area contributed by atoms with Crippen LogP contribution in [-0.4, -0.2) is 48.4 Å². The molecule has 2 heterocycles. The average Bonchev–Trinajstić information content (AvgIpc) is 2.67. The molecule has 1 unspecified atom stereocenters. The number of hydrogen-bond acceptors (Lipinski definition) is 3. The van der Waals surface area contributed by atoms with Gasteiger partial charge in [0.05, 0.1) is 5.56 Å². The third-order valence-corrected chi connectivity index (χ3v) is 6.86. The fraction of sp³-hybridized carbons (Fsp3) is 0.652. The highest BCUT2D eigenvalue weighted by Gasteiger charge is 2.30. The zero-order valence-electron chi connectivity index (χ0n) is 17.0. The van der Waals surface area contributed by atoms with E-state index in [-0.39, 0.29) is 23.8 Å². The lowest BCUT2D eigenvalue weighted by atomic mass is 9.84. The third kappa shape index (κ3) is 4.03. The topological polar surface area (TPSA) is 52.7 Å². The van der Waals surface area contributed by atoms with Crippen LogP contribution in [0, 0.1) is 5.92 Å². The second kappa shape index (κ2) is 8.54. The van der Waals surface area contributed by atoms with E-state index in [4.69, 9.17) is 0 Å². The predicted octanol–water partition coefficient (Wildman–Crippen LogP) is 3.59. The molecule has 1 atom stereocenters. The van der Waals surface area contributed by atoms with Gasteiger partial charge in [0.25, 0.3) is 5.91 Å². The molecule has 5 nitrogen and oxygen atoms in total. The molecule has 5 heteroatoms. The molecular formula is C23H33N3O2. The van der Waals surface area contributed by atoms with Gasteiger partial charge in [-0.2, -0.15) is 0 Å². The number of benzene rings is 1. The highest BCUT2D eigenvalue weighted by Crippen LogP contribution is 2.29. The van der Waals surface area contributed by atoms with Crippen LogP contribution in [0.4, 0.5) is 5.69 Å². The maximum Gasteiger partial charge on any atom is 0.256 e. The van der Waals surface area contributed by atoms with Crippen LogP contribution in [-0.2, 0) is 4.79 Å². The number of hydrogen-bond donors (Lipinski definition) is 1. The molecule has 0 bridgehead atoms. The Morgan fingerprint density at radius 2 is 1.68 bits per heavy atom. The molecule has 0 spiro atoms. The minimum absolute atomic E-state index is 0.170. The zero-order valence-corrected chi connectivity index (χ0v) is 17.0. The molecule has 2 saturated heterocycles. The minimum Gasteiger partial charge on any atom is -0.371 e. The van der Waals surface area contributed by atoms with Crippen molar-refractivity contribution in [3.63, 3.8) is 0 Å². The molecule has 2 amide bonds. The van der Waals surface area contributed by atoms with Crippen LogP contribution in [0.1, 0.15) is 68.6 Å². The van der Waals surface area contributed by atoms with Crippen LogP contribution in [0.2, 0.25) is 0 Å². The number of para-hydroxylation sites is 1. The maximum absolute atomic E-state index is 13.2. The molecule has 0 radical (unpaired) electrons. The van der Waals surface area contributed by atoms with Crippen LogP contribution in [0.15, 0.2) is 24.3 Å². The van der Waals surface area contributed by atoms with E-state index in [0.717, 1.165) is 69.4 Å². The van der Waals surface area contributed by atoms with Crippen molar-refractivity contribution in [2.24, 2.45) is 5.92 Å². The monoisotopic (exact) mass is 383 g/mol. The number of nitrogens with one attached hydrogen (secondary N) is 1. The lowest BCUT2D eigenvalue weighted by molar-refractivity contribution is -0.128. The number of amides is 2. The molecule has 1 aromatic rings. The average molecular weight is 384 g/mol. The fourth-order valence-corrected chi connectivity index (χ4v) is 4.74. The second-order valence-electron chi connectivity index (χ2n) is 8.76. The first-order chi connectivity index (χ1) is 13.6. The third-order valence-electron chi connectivity index (χ3n) is 6.86. The number of likely N-dealkylation sites (tertiary alicyclic amines) is 1. The number of anilines is 1. The van der Waals surface area contributed by atoms with Gasteiger partial charge >= 0.3 is 0 Å². The Kier molecular flexibility index (Phi) is 5.88. The SMILES string of the molecule is CC1CCCCN1C(=O)c1ccccc1N1CCC(NC(=O)C2CCC2)CC1. The van der Waals surface area contributed by atoms with Crippen LogP contribution < -0.4 is 10.2 Å². The van der Waals surface area contributed by atoms with Crippen molar-refractivity contribution < 1.29 is 9.59 Å². The van der Waals surface area contributed by atoms with E-state index < -0.39 is 0 Å². The van der Waals surface area contributed by atoms with Crippen molar-refractivity contribution in [3.05, 3.63) is 29.8 Å². The summed E-state index contributed by atoms with van der Waals surface area (Å²) in [6.45, 7) is 4.80. The molecular weight excluding hydrogens is 350 g/mol. The normalized spacial score (nSPS) is 24.0. The molecule has 1 N–H and O–H groups in total. The van der Waals surface area contributed by atoms with Gasteiger partial charge < -0.3 is 15.1 Å². The van der Waals surface area contributed by atoms with Gasteiger partial charge in [0.1, 0.15) is 0 Å². The van der Waals surface area contributed by atoms with Gasteiger partial charge in [-0.1, -0.05) is 18.6 Å². The van der Waals surface area contributed by atoms with Gasteiger partial charge in [-0.15, -0.1) is 0 Å². The van der Waals surface area contributed by atoms with Crippen LogP contribution in [0.5, 0.6) is 0 Å². The summed E-state index contributed by atoms with van der Waals surface area (Å²) in [5.41, 5.74) is 1.88. The first-order valence-corrected chi connectivity index (χ1v) is 11.1. The fourth-order valence-electron chi connectivity index (χ4n) is 4.74. The molecule has 28 heavy (non-hydrogen) atoms. The summed E-state index contributed by atoms with van der Waals surface area (Å²) in [7, 11) is 0. The summed E-state index contributed by atoms with van der Waals surface area (Å²) in [6.07, 6.45) is 8.60. The summed E-state index contributed by atoms with van der Waals surface area (Å²) in [6, 6.07) is 8.64. The Morgan fingerprint density at radius 3 is 2.36 bits per heavy atom. The molecule has 3 fully saturated rings. The number of rotatable bonds is 4. The van der Waals surface area contributed by atoms with Gasteiger partial charge in [-0.3, -0.25) is 9.59 Å². The molecule has 3 aliphatic rings. The van der Waals surface area contributed by atoms with E-state index >= 15 is 0 Å². The molecule has 1 saturated carbocycles. The quantitative estimate of drug-likeness (QED) is 0.865. The molecule has 1 aliphatic carbocycles. The summed E-state index contributed by atoms with van der Waals surface area (Å²) in [5, 5.41) is 3.25. The summed E-state index contributed by atoms with van der Waals surface area (Å²) >= 11 is 0. The van der Waals surface area contributed by atoms with Crippen molar-refractivity contribution in [2.75, 3.05) is 24.5 Å². The van der Waals surface area contributed by atoms with Crippen molar-refractivity contribution in [3.8, 4) is 0 Å². The van der Waals surface area contributed by atoms with Crippen molar-refractivity contribution in [2.45, 2.75) is 70.4 Å². The number of piperidine rings is 2. The van der Waals surface area contributed by atoms with Crippen LogP contribution in [0.25, 0.3) is 0 Å². The van der Waals surface area contributed by atoms with E-state index in [0.29, 0.717) is 6.04 Å². The molecule has 152 valence electrons. The van der Waals surface area contributed by atoms with Crippen LogP contribution in [0.3, 0.4) is 0 Å². The second-order valence-corrected chi connectivity index (χ2v) is 8.76. The Morgan fingerprint density at radius 1 is 0.929 bits per heavy atom. The van der Waals surface area contributed by atoms with Crippen LogP contribution >= 0.6 is 0 Å². The largest absolute Gasteiger partial charge is 0.371 e. The first kappa shape index (κ1) is 19.3. The molecule has 0 aromatic heterocycles. The lowest BCUT2D eigenvalue weighted by Crippen LogP contribution is -2.48. The first-order valence-electron chi connectivity index (χ1n) is 11.1. The van der Waals surface area contributed by atoms with E-state index in [1.165, 1.54) is 12.8 Å². The highest BCUT2D eigenvalue weighted by molar-refractivity contribution is 6.00. The minimum atomic E-state index is 0.170. The van der Waals surface area contributed by atoms with Gasteiger partial charge in [-0.05, 0) is 64.0 Å². The predicted molar refractivity (Wildman–Crippen MR) is 112 cm³/mol. The van der Waals surface area contributed by atoms with E-state index in [2.05, 4.69) is 23.2 Å². The number of carbonyl (C=O) groups excluding carboxylic acids is 2. The molecule has 2 aliphatic heterocycles. The Bertz CT molecular complexity index is 708. The van der Waals surface area contributed by atoms with E-state index in [1.807, 2.05) is 23.1 Å². The zero-order chi connectivity index (χ0) is 19.5. The highest BCUT2D eigenvalue weighted by atomic mass is 16.2. The maximum atomic E-state index is 13.2. The summed E-state index contributed by atoms with van der Waals surface area (Å²) < 4.78 is 0. The Balaban J connectivity index is 1.40. The van der Waals surface area contributed by atoms with Gasteiger partial charge in [0.2, 0.25) is 5.91 Å². The van der Waals surface area contributed by atoms with Gasteiger partial charge in [0.15, 0.2) is 0 Å². The van der Waals surface area contributed by atoms with E-state index in [9.17, 15) is 9.59 Å². The number of carbonyl (C=O) groups is 2. The molecule has 1 aromatic carbocycles.